The maximum Gasteiger partial charge on any atom is 0.302 e. The summed E-state index contributed by atoms with van der Waals surface area (Å²) in [4.78, 5) is 47.6. The van der Waals surface area contributed by atoms with Gasteiger partial charge in [-0.1, -0.05) is 12.1 Å². The standard InChI is InChI=1S/C22H18FNO8/c1-12(25)30-9-8-24-22(29)18-11-16(26)19(27)21(32-18)20(28)17-7-6-15(31-17)10-13-2-4-14(23)5-3-13/h2-7,11,27H,8-10H2,1H3,(H,24,29). The van der Waals surface area contributed by atoms with Crippen molar-refractivity contribution in [1.29, 1.82) is 0 Å². The first kappa shape index (κ1) is 22.5. The van der Waals surface area contributed by atoms with Crippen molar-refractivity contribution in [3.63, 3.8) is 0 Å². The van der Waals surface area contributed by atoms with Crippen LogP contribution < -0.4 is 10.7 Å². The first-order valence-electron chi connectivity index (χ1n) is 9.41. The number of benzene rings is 1. The molecule has 2 aromatic heterocycles. The highest BCUT2D eigenvalue weighted by atomic mass is 19.1. The molecule has 0 fully saturated rings. The Kier molecular flexibility index (Phi) is 6.83. The maximum atomic E-state index is 13.0. The lowest BCUT2D eigenvalue weighted by Crippen LogP contribution is -2.28. The number of hydrogen-bond acceptors (Lipinski definition) is 8. The zero-order valence-corrected chi connectivity index (χ0v) is 16.8. The Balaban J connectivity index is 1.77. The number of halogens is 1. The van der Waals surface area contributed by atoms with Crippen LogP contribution in [0.25, 0.3) is 0 Å². The number of carbonyl (C=O) groups excluding carboxylic acids is 3. The number of amides is 1. The van der Waals surface area contributed by atoms with Gasteiger partial charge in [0.2, 0.25) is 16.9 Å². The van der Waals surface area contributed by atoms with Crippen molar-refractivity contribution < 1.29 is 37.5 Å². The Labute approximate surface area is 180 Å². The smallest absolute Gasteiger partial charge is 0.302 e. The number of esters is 1. The molecule has 2 heterocycles. The number of ketones is 1. The number of furan rings is 1. The molecule has 10 heteroatoms. The summed E-state index contributed by atoms with van der Waals surface area (Å²) in [5, 5.41) is 12.3. The van der Waals surface area contributed by atoms with Gasteiger partial charge < -0.3 is 24.0 Å². The van der Waals surface area contributed by atoms with Gasteiger partial charge in [-0.05, 0) is 29.8 Å². The van der Waals surface area contributed by atoms with Gasteiger partial charge in [-0.2, -0.15) is 0 Å². The minimum absolute atomic E-state index is 0.0583. The van der Waals surface area contributed by atoms with Crippen LogP contribution in [0.5, 0.6) is 5.75 Å². The second-order valence-corrected chi connectivity index (χ2v) is 6.65. The number of nitrogens with one attached hydrogen (secondary N) is 1. The van der Waals surface area contributed by atoms with Gasteiger partial charge in [-0.25, -0.2) is 4.39 Å². The summed E-state index contributed by atoms with van der Waals surface area (Å²) in [5.74, 6) is -4.80. The fourth-order valence-corrected chi connectivity index (χ4v) is 2.71. The Hall–Kier alpha value is -4.21. The molecule has 0 aliphatic rings. The fraction of sp³-hybridized carbons (Fsp3) is 0.182. The predicted octanol–water partition coefficient (Wildman–Crippen LogP) is 2.19. The van der Waals surface area contributed by atoms with Crippen molar-refractivity contribution in [1.82, 2.24) is 5.32 Å². The number of hydrogen-bond donors (Lipinski definition) is 2. The topological polar surface area (TPSA) is 136 Å². The molecule has 0 aliphatic carbocycles. The van der Waals surface area contributed by atoms with E-state index in [0.29, 0.717) is 5.76 Å². The molecule has 0 saturated heterocycles. The molecule has 3 rings (SSSR count). The largest absolute Gasteiger partial charge is 0.501 e. The Morgan fingerprint density at radius 2 is 1.78 bits per heavy atom. The zero-order chi connectivity index (χ0) is 23.3. The first-order valence-corrected chi connectivity index (χ1v) is 9.41. The number of aromatic hydroxyl groups is 1. The predicted molar refractivity (Wildman–Crippen MR) is 107 cm³/mol. The summed E-state index contributed by atoms with van der Waals surface area (Å²) >= 11 is 0. The Bertz CT molecular complexity index is 1210. The molecule has 1 amide bonds. The average molecular weight is 443 g/mol. The number of rotatable bonds is 8. The molecule has 0 aliphatic heterocycles. The van der Waals surface area contributed by atoms with Crippen molar-refractivity contribution in [2.75, 3.05) is 13.2 Å². The lowest BCUT2D eigenvalue weighted by molar-refractivity contribution is -0.140. The molecule has 1 aromatic carbocycles. The van der Waals surface area contributed by atoms with Crippen LogP contribution in [0.3, 0.4) is 0 Å². The molecule has 2 N–H and O–H groups in total. The van der Waals surface area contributed by atoms with E-state index in [1.165, 1.54) is 31.2 Å². The van der Waals surface area contributed by atoms with Crippen molar-refractivity contribution >= 4 is 17.7 Å². The summed E-state index contributed by atoms with van der Waals surface area (Å²) in [6.45, 7) is 1.05. The summed E-state index contributed by atoms with van der Waals surface area (Å²) in [7, 11) is 0. The average Bonchev–Trinajstić information content (AvgIpc) is 3.22. The van der Waals surface area contributed by atoms with E-state index in [1.807, 2.05) is 0 Å². The van der Waals surface area contributed by atoms with Crippen molar-refractivity contribution in [2.45, 2.75) is 13.3 Å². The summed E-state index contributed by atoms with van der Waals surface area (Å²) in [6, 6.07) is 9.28. The van der Waals surface area contributed by atoms with E-state index in [4.69, 9.17) is 8.83 Å². The molecule has 0 bridgehead atoms. The third kappa shape index (κ3) is 5.48. The first-order chi connectivity index (χ1) is 15.2. The fourth-order valence-electron chi connectivity index (χ4n) is 2.71. The van der Waals surface area contributed by atoms with E-state index in [1.54, 1.807) is 12.1 Å². The number of ether oxygens (including phenoxy) is 1. The minimum Gasteiger partial charge on any atom is -0.501 e. The molecular formula is C22H18FNO8. The highest BCUT2D eigenvalue weighted by Gasteiger charge is 2.25. The van der Waals surface area contributed by atoms with Crippen molar-refractivity contribution in [3.05, 3.63) is 87.1 Å². The van der Waals surface area contributed by atoms with E-state index >= 15 is 0 Å². The normalized spacial score (nSPS) is 10.6. The van der Waals surface area contributed by atoms with Gasteiger partial charge in [0.25, 0.3) is 11.7 Å². The summed E-state index contributed by atoms with van der Waals surface area (Å²) in [6.07, 6.45) is 0.272. The summed E-state index contributed by atoms with van der Waals surface area (Å²) in [5.41, 5.74) is -0.260. The van der Waals surface area contributed by atoms with Crippen LogP contribution in [0.15, 0.2) is 56.1 Å². The van der Waals surface area contributed by atoms with Crippen LogP contribution in [0.1, 0.15) is 45.1 Å². The third-order valence-corrected chi connectivity index (χ3v) is 4.22. The lowest BCUT2D eigenvalue weighted by atomic mass is 10.1. The van der Waals surface area contributed by atoms with E-state index < -0.39 is 40.4 Å². The van der Waals surface area contributed by atoms with E-state index in [-0.39, 0.29) is 31.1 Å². The molecular weight excluding hydrogens is 425 g/mol. The van der Waals surface area contributed by atoms with Gasteiger partial charge in [-0.3, -0.25) is 19.2 Å². The Morgan fingerprint density at radius 1 is 1.06 bits per heavy atom. The van der Waals surface area contributed by atoms with Gasteiger partial charge in [-0.15, -0.1) is 0 Å². The third-order valence-electron chi connectivity index (χ3n) is 4.22. The second kappa shape index (κ2) is 9.73. The SMILES string of the molecule is CC(=O)OCCNC(=O)c1cc(=O)c(O)c(C(=O)c2ccc(Cc3ccc(F)cc3)o2)o1. The van der Waals surface area contributed by atoms with Crippen LogP contribution in [-0.4, -0.2) is 35.9 Å². The van der Waals surface area contributed by atoms with Crippen molar-refractivity contribution in [2.24, 2.45) is 0 Å². The second-order valence-electron chi connectivity index (χ2n) is 6.65. The highest BCUT2D eigenvalue weighted by Crippen LogP contribution is 2.21. The van der Waals surface area contributed by atoms with Gasteiger partial charge >= 0.3 is 5.97 Å². The van der Waals surface area contributed by atoms with Gasteiger partial charge in [0, 0.05) is 19.4 Å². The van der Waals surface area contributed by atoms with Gasteiger partial charge in [0.1, 0.15) is 18.2 Å². The van der Waals surface area contributed by atoms with E-state index in [9.17, 15) is 28.7 Å². The van der Waals surface area contributed by atoms with Crippen LogP contribution in [0, 0.1) is 5.82 Å². The molecule has 3 aromatic rings. The van der Waals surface area contributed by atoms with E-state index in [0.717, 1.165) is 11.6 Å². The summed E-state index contributed by atoms with van der Waals surface area (Å²) < 4.78 is 28.3. The molecule has 32 heavy (non-hydrogen) atoms. The monoisotopic (exact) mass is 443 g/mol. The quantitative estimate of drug-likeness (QED) is 0.307. The lowest BCUT2D eigenvalue weighted by Gasteiger charge is -2.07. The molecule has 0 saturated carbocycles. The van der Waals surface area contributed by atoms with Crippen LogP contribution in [0.2, 0.25) is 0 Å². The molecule has 0 spiro atoms. The van der Waals surface area contributed by atoms with Crippen LogP contribution in [-0.2, 0) is 16.0 Å². The molecule has 9 nitrogen and oxygen atoms in total. The zero-order valence-electron chi connectivity index (χ0n) is 16.8. The number of carbonyl (C=O) groups is 3. The molecule has 0 unspecified atom stereocenters. The molecule has 166 valence electrons. The van der Waals surface area contributed by atoms with Gasteiger partial charge in [0.15, 0.2) is 11.5 Å². The van der Waals surface area contributed by atoms with Crippen LogP contribution >= 0.6 is 0 Å². The van der Waals surface area contributed by atoms with E-state index in [2.05, 4.69) is 10.1 Å². The molecule has 0 radical (unpaired) electrons. The van der Waals surface area contributed by atoms with Gasteiger partial charge in [0.05, 0.1) is 6.54 Å². The Morgan fingerprint density at radius 3 is 2.47 bits per heavy atom. The van der Waals surface area contributed by atoms with Crippen molar-refractivity contribution in [3.8, 4) is 5.75 Å². The highest BCUT2D eigenvalue weighted by molar-refractivity contribution is 6.07. The molecule has 0 atom stereocenters. The van der Waals surface area contributed by atoms with Crippen LogP contribution in [0.4, 0.5) is 4.39 Å². The minimum atomic E-state index is -0.997. The maximum absolute atomic E-state index is 13.0.